The summed E-state index contributed by atoms with van der Waals surface area (Å²) in [4.78, 5) is 6.52. The fraction of sp³-hybridized carbons (Fsp3) is 0.900. The van der Waals surface area contributed by atoms with Crippen molar-refractivity contribution in [1.29, 1.82) is 0 Å². The van der Waals surface area contributed by atoms with E-state index in [9.17, 15) is 0 Å². The van der Waals surface area contributed by atoms with Gasteiger partial charge in [-0.3, -0.25) is 4.99 Å². The van der Waals surface area contributed by atoms with Crippen molar-refractivity contribution in [3.8, 4) is 0 Å². The van der Waals surface area contributed by atoms with Crippen molar-refractivity contribution in [2.75, 3.05) is 21.1 Å². The second-order valence-corrected chi connectivity index (χ2v) is 3.81. The quantitative estimate of drug-likeness (QED) is 0.433. The minimum atomic E-state index is 0.735. The molecule has 2 nitrogen and oxygen atoms in total. The molecular weight excluding hydrogens is 148 g/mol. The molecule has 0 unspecified atom stereocenters. The van der Waals surface area contributed by atoms with Crippen LogP contribution in [0.25, 0.3) is 0 Å². The number of rotatable bonds is 1. The van der Waals surface area contributed by atoms with E-state index < -0.39 is 0 Å². The number of aliphatic imine (C=N–C) groups is 1. The van der Waals surface area contributed by atoms with Gasteiger partial charge in [0.15, 0.2) is 0 Å². The van der Waals surface area contributed by atoms with Gasteiger partial charge in [0.1, 0.15) is 5.84 Å². The summed E-state index contributed by atoms with van der Waals surface area (Å²) < 4.78 is 0. The van der Waals surface area contributed by atoms with Crippen molar-refractivity contribution >= 4 is 5.84 Å². The monoisotopic (exact) mass is 168 g/mol. The van der Waals surface area contributed by atoms with Crippen LogP contribution in [-0.4, -0.2) is 31.9 Å². The molecule has 0 saturated heterocycles. The highest BCUT2D eigenvalue weighted by molar-refractivity contribution is 5.84. The Hall–Kier alpha value is -0.530. The van der Waals surface area contributed by atoms with Crippen molar-refractivity contribution in [3.05, 3.63) is 0 Å². The fourth-order valence-electron chi connectivity index (χ4n) is 2.11. The van der Waals surface area contributed by atoms with E-state index in [1.54, 1.807) is 0 Å². The highest BCUT2D eigenvalue weighted by Gasteiger charge is 2.19. The molecule has 0 atom stereocenters. The molecule has 1 saturated carbocycles. The zero-order chi connectivity index (χ0) is 8.97. The van der Waals surface area contributed by atoms with Crippen molar-refractivity contribution in [2.24, 2.45) is 10.9 Å². The van der Waals surface area contributed by atoms with Crippen LogP contribution < -0.4 is 0 Å². The molecule has 1 rings (SSSR count). The lowest BCUT2D eigenvalue weighted by atomic mass is 9.88. The van der Waals surface area contributed by atoms with Crippen LogP contribution in [0, 0.1) is 5.92 Å². The molecular formula is C10H20N2. The first-order chi connectivity index (χ1) is 5.75. The van der Waals surface area contributed by atoms with Crippen LogP contribution in [0.3, 0.4) is 0 Å². The van der Waals surface area contributed by atoms with Crippen LogP contribution in [0.15, 0.2) is 4.99 Å². The van der Waals surface area contributed by atoms with Crippen LogP contribution in [0.4, 0.5) is 0 Å². The minimum absolute atomic E-state index is 0.735. The Bertz CT molecular complexity index is 155. The number of amidine groups is 1. The topological polar surface area (TPSA) is 15.6 Å². The van der Waals surface area contributed by atoms with Crippen molar-refractivity contribution < 1.29 is 0 Å². The first-order valence-electron chi connectivity index (χ1n) is 4.89. The first-order valence-corrected chi connectivity index (χ1v) is 4.89. The Morgan fingerprint density at radius 3 is 2.17 bits per heavy atom. The van der Waals surface area contributed by atoms with Crippen LogP contribution in [0.5, 0.6) is 0 Å². The van der Waals surface area contributed by atoms with Gasteiger partial charge < -0.3 is 4.90 Å². The predicted octanol–water partition coefficient (Wildman–Crippen LogP) is 2.16. The average Bonchev–Trinajstić information content (AvgIpc) is 2.07. The van der Waals surface area contributed by atoms with E-state index in [1.807, 2.05) is 7.05 Å². The fourth-order valence-corrected chi connectivity index (χ4v) is 2.11. The van der Waals surface area contributed by atoms with Gasteiger partial charge >= 0.3 is 0 Å². The predicted molar refractivity (Wildman–Crippen MR) is 53.6 cm³/mol. The zero-order valence-electron chi connectivity index (χ0n) is 8.51. The Morgan fingerprint density at radius 1 is 1.17 bits per heavy atom. The Balaban J connectivity index is 2.53. The minimum Gasteiger partial charge on any atom is -0.366 e. The van der Waals surface area contributed by atoms with Gasteiger partial charge in [0, 0.05) is 27.1 Å². The molecule has 1 aliphatic carbocycles. The Labute approximate surface area is 75.7 Å². The van der Waals surface area contributed by atoms with Crippen LogP contribution >= 0.6 is 0 Å². The van der Waals surface area contributed by atoms with Crippen molar-refractivity contribution in [1.82, 2.24) is 4.90 Å². The van der Waals surface area contributed by atoms with Gasteiger partial charge in [-0.05, 0) is 12.8 Å². The molecule has 1 aliphatic rings. The molecule has 2 heteroatoms. The van der Waals surface area contributed by atoms with Crippen molar-refractivity contribution in [3.63, 3.8) is 0 Å². The van der Waals surface area contributed by atoms with Gasteiger partial charge in [0.25, 0.3) is 0 Å². The van der Waals surface area contributed by atoms with Gasteiger partial charge in [-0.15, -0.1) is 0 Å². The highest BCUT2D eigenvalue weighted by atomic mass is 15.1. The number of hydrogen-bond acceptors (Lipinski definition) is 1. The molecule has 1 fully saturated rings. The van der Waals surface area contributed by atoms with E-state index in [-0.39, 0.29) is 0 Å². The van der Waals surface area contributed by atoms with E-state index in [0.29, 0.717) is 0 Å². The molecule has 0 aromatic carbocycles. The number of nitrogens with zero attached hydrogens (tertiary/aromatic N) is 2. The van der Waals surface area contributed by atoms with Crippen LogP contribution in [0.2, 0.25) is 0 Å². The van der Waals surface area contributed by atoms with Gasteiger partial charge in [-0.2, -0.15) is 0 Å². The summed E-state index contributed by atoms with van der Waals surface area (Å²) >= 11 is 0. The maximum absolute atomic E-state index is 4.35. The maximum Gasteiger partial charge on any atom is 0.101 e. The lowest BCUT2D eigenvalue weighted by Gasteiger charge is -2.27. The highest BCUT2D eigenvalue weighted by Crippen LogP contribution is 2.25. The molecule has 0 bridgehead atoms. The van der Waals surface area contributed by atoms with E-state index in [2.05, 4.69) is 24.0 Å². The zero-order valence-corrected chi connectivity index (χ0v) is 8.51. The lowest BCUT2D eigenvalue weighted by Crippen LogP contribution is -2.31. The van der Waals surface area contributed by atoms with Gasteiger partial charge in [-0.25, -0.2) is 0 Å². The smallest absolute Gasteiger partial charge is 0.101 e. The van der Waals surface area contributed by atoms with E-state index in [0.717, 1.165) is 5.92 Å². The summed E-state index contributed by atoms with van der Waals surface area (Å²) in [6, 6.07) is 0. The van der Waals surface area contributed by atoms with Gasteiger partial charge in [0.2, 0.25) is 0 Å². The molecule has 0 aromatic heterocycles. The van der Waals surface area contributed by atoms with Gasteiger partial charge in [0.05, 0.1) is 0 Å². The number of hydrogen-bond donors (Lipinski definition) is 0. The molecule has 0 radical (unpaired) electrons. The second kappa shape index (κ2) is 4.48. The summed E-state index contributed by atoms with van der Waals surface area (Å²) in [5.41, 5.74) is 0. The summed E-state index contributed by atoms with van der Waals surface area (Å²) in [5, 5.41) is 0. The molecule has 0 aliphatic heterocycles. The summed E-state index contributed by atoms with van der Waals surface area (Å²) in [7, 11) is 6.10. The largest absolute Gasteiger partial charge is 0.366 e. The summed E-state index contributed by atoms with van der Waals surface area (Å²) in [5.74, 6) is 2.02. The molecule has 0 spiro atoms. The third kappa shape index (κ3) is 2.23. The van der Waals surface area contributed by atoms with E-state index in [1.165, 1.54) is 37.9 Å². The third-order valence-corrected chi connectivity index (χ3v) is 2.66. The second-order valence-electron chi connectivity index (χ2n) is 3.81. The van der Waals surface area contributed by atoms with Crippen LogP contribution in [0.1, 0.15) is 32.1 Å². The molecule has 0 amide bonds. The van der Waals surface area contributed by atoms with E-state index >= 15 is 0 Å². The molecule has 0 heterocycles. The molecule has 12 heavy (non-hydrogen) atoms. The average molecular weight is 168 g/mol. The first kappa shape index (κ1) is 9.56. The normalized spacial score (nSPS) is 21.1. The summed E-state index contributed by atoms with van der Waals surface area (Å²) in [6.07, 6.45) is 6.87. The van der Waals surface area contributed by atoms with E-state index in [4.69, 9.17) is 0 Å². The standard InChI is InChI=1S/C10H20N2/c1-11-10(12(2)3)9-7-5-4-6-8-9/h9H,4-8H2,1-3H3/b11-10-. The molecule has 70 valence electrons. The van der Waals surface area contributed by atoms with Crippen molar-refractivity contribution in [2.45, 2.75) is 32.1 Å². The SMILES string of the molecule is C/N=C(/C1CCCCC1)N(C)C. The molecule has 0 N–H and O–H groups in total. The summed E-state index contributed by atoms with van der Waals surface area (Å²) in [6.45, 7) is 0. The van der Waals surface area contributed by atoms with Crippen LogP contribution in [-0.2, 0) is 0 Å². The Morgan fingerprint density at radius 2 is 1.75 bits per heavy atom. The maximum atomic E-state index is 4.35. The lowest BCUT2D eigenvalue weighted by molar-refractivity contribution is 0.407. The third-order valence-electron chi connectivity index (χ3n) is 2.66. The molecule has 0 aromatic rings. The van der Waals surface area contributed by atoms with Gasteiger partial charge in [-0.1, -0.05) is 19.3 Å². The Kier molecular flexibility index (Phi) is 3.57.